The highest BCUT2D eigenvalue weighted by Crippen LogP contribution is 2.26. The average molecular weight is 220 g/mol. The summed E-state index contributed by atoms with van der Waals surface area (Å²) in [4.78, 5) is 1.03. The zero-order chi connectivity index (χ0) is 11.3. The summed E-state index contributed by atoms with van der Waals surface area (Å²) in [6.45, 7) is 4.25. The molecule has 15 heavy (non-hydrogen) atoms. The van der Waals surface area contributed by atoms with Gasteiger partial charge in [-0.25, -0.2) is 0 Å². The third-order valence-electron chi connectivity index (χ3n) is 2.37. The molecule has 0 heterocycles. The van der Waals surface area contributed by atoms with Crippen molar-refractivity contribution in [2.75, 3.05) is 11.6 Å². The van der Waals surface area contributed by atoms with E-state index in [4.69, 9.17) is 5.26 Å². The van der Waals surface area contributed by atoms with Crippen LogP contribution in [0.4, 0.5) is 5.69 Å². The van der Waals surface area contributed by atoms with Gasteiger partial charge in [0.1, 0.15) is 6.07 Å². The van der Waals surface area contributed by atoms with E-state index in [0.29, 0.717) is 6.04 Å². The Hall–Kier alpha value is -1.14. The van der Waals surface area contributed by atoms with Crippen LogP contribution in [0.2, 0.25) is 0 Å². The monoisotopic (exact) mass is 220 g/mol. The minimum atomic E-state index is 0.397. The number of anilines is 1. The van der Waals surface area contributed by atoms with Crippen LogP contribution in [0.3, 0.4) is 0 Å². The maximum absolute atomic E-state index is 9.11. The predicted octanol–water partition coefficient (Wildman–Crippen LogP) is 3.49. The van der Waals surface area contributed by atoms with Gasteiger partial charge in [0.2, 0.25) is 0 Å². The zero-order valence-electron chi connectivity index (χ0n) is 9.37. The lowest BCUT2D eigenvalue weighted by Gasteiger charge is -2.15. The molecule has 1 aromatic carbocycles. The SMILES string of the molecule is CCC(C)Nc1cccc(SC)c1C#N. The van der Waals surface area contributed by atoms with E-state index in [1.807, 2.05) is 24.5 Å². The second kappa shape index (κ2) is 5.67. The second-order valence-corrected chi connectivity index (χ2v) is 4.30. The normalized spacial score (nSPS) is 11.9. The van der Waals surface area contributed by atoms with Gasteiger partial charge in [0.05, 0.1) is 11.3 Å². The summed E-state index contributed by atoms with van der Waals surface area (Å²) >= 11 is 1.61. The first-order chi connectivity index (χ1) is 7.22. The van der Waals surface area contributed by atoms with Crippen LogP contribution in [0.15, 0.2) is 23.1 Å². The Morgan fingerprint density at radius 1 is 1.53 bits per heavy atom. The number of thioether (sulfide) groups is 1. The molecule has 3 heteroatoms. The lowest BCUT2D eigenvalue weighted by Crippen LogP contribution is -2.14. The molecule has 0 bridgehead atoms. The number of hydrogen-bond donors (Lipinski definition) is 1. The first-order valence-corrected chi connectivity index (χ1v) is 6.29. The quantitative estimate of drug-likeness (QED) is 0.789. The fourth-order valence-electron chi connectivity index (χ4n) is 1.30. The molecule has 1 aromatic rings. The smallest absolute Gasteiger partial charge is 0.102 e. The maximum Gasteiger partial charge on any atom is 0.102 e. The molecule has 0 saturated heterocycles. The third-order valence-corrected chi connectivity index (χ3v) is 3.15. The molecule has 0 aliphatic heterocycles. The van der Waals surface area contributed by atoms with Gasteiger partial charge >= 0.3 is 0 Å². The molecule has 1 N–H and O–H groups in total. The minimum absolute atomic E-state index is 0.397. The fraction of sp³-hybridized carbons (Fsp3) is 0.417. The van der Waals surface area contributed by atoms with E-state index in [1.54, 1.807) is 11.8 Å². The first-order valence-electron chi connectivity index (χ1n) is 5.06. The lowest BCUT2D eigenvalue weighted by atomic mass is 10.1. The van der Waals surface area contributed by atoms with Crippen molar-refractivity contribution in [1.82, 2.24) is 0 Å². The number of benzene rings is 1. The third kappa shape index (κ3) is 2.90. The van der Waals surface area contributed by atoms with Crippen molar-refractivity contribution in [3.05, 3.63) is 23.8 Å². The number of hydrogen-bond acceptors (Lipinski definition) is 3. The lowest BCUT2D eigenvalue weighted by molar-refractivity contribution is 0.763. The van der Waals surface area contributed by atoms with Crippen molar-refractivity contribution in [2.24, 2.45) is 0 Å². The van der Waals surface area contributed by atoms with Gasteiger partial charge in [-0.15, -0.1) is 11.8 Å². The maximum atomic E-state index is 9.11. The molecule has 0 radical (unpaired) electrons. The molecule has 0 aliphatic carbocycles. The average Bonchev–Trinajstić information content (AvgIpc) is 2.28. The van der Waals surface area contributed by atoms with Crippen LogP contribution in [-0.4, -0.2) is 12.3 Å². The first kappa shape index (κ1) is 11.9. The molecule has 80 valence electrons. The minimum Gasteiger partial charge on any atom is -0.382 e. The highest BCUT2D eigenvalue weighted by Gasteiger charge is 2.08. The predicted molar refractivity (Wildman–Crippen MR) is 66.3 cm³/mol. The Kier molecular flexibility index (Phi) is 4.51. The van der Waals surface area contributed by atoms with Crippen molar-refractivity contribution >= 4 is 17.4 Å². The van der Waals surface area contributed by atoms with Crippen LogP contribution < -0.4 is 5.32 Å². The Morgan fingerprint density at radius 2 is 2.27 bits per heavy atom. The van der Waals surface area contributed by atoms with Gasteiger partial charge in [0.25, 0.3) is 0 Å². The molecule has 1 atom stereocenters. The van der Waals surface area contributed by atoms with Gasteiger partial charge in [-0.2, -0.15) is 5.26 Å². The molecule has 0 amide bonds. The fourth-order valence-corrected chi connectivity index (χ4v) is 1.88. The molecule has 1 rings (SSSR count). The van der Waals surface area contributed by atoms with Crippen molar-refractivity contribution < 1.29 is 0 Å². The summed E-state index contributed by atoms with van der Waals surface area (Å²) in [7, 11) is 0. The van der Waals surface area contributed by atoms with E-state index in [0.717, 1.165) is 22.6 Å². The molecule has 2 nitrogen and oxygen atoms in total. The van der Waals surface area contributed by atoms with Crippen LogP contribution in [0.25, 0.3) is 0 Å². The summed E-state index contributed by atoms with van der Waals surface area (Å²) in [5.74, 6) is 0. The van der Waals surface area contributed by atoms with E-state index in [-0.39, 0.29) is 0 Å². The number of nitriles is 1. The summed E-state index contributed by atoms with van der Waals surface area (Å²) in [5.41, 5.74) is 1.70. The van der Waals surface area contributed by atoms with Gasteiger partial charge in [-0.1, -0.05) is 13.0 Å². The van der Waals surface area contributed by atoms with E-state index in [2.05, 4.69) is 25.2 Å². The zero-order valence-corrected chi connectivity index (χ0v) is 10.2. The van der Waals surface area contributed by atoms with Gasteiger partial charge < -0.3 is 5.32 Å². The van der Waals surface area contributed by atoms with Crippen LogP contribution in [0, 0.1) is 11.3 Å². The van der Waals surface area contributed by atoms with E-state index in [1.165, 1.54) is 0 Å². The number of nitrogens with one attached hydrogen (secondary N) is 1. The number of rotatable bonds is 4. The summed E-state index contributed by atoms with van der Waals surface area (Å²) in [6, 6.07) is 8.58. The van der Waals surface area contributed by atoms with Crippen molar-refractivity contribution in [3.63, 3.8) is 0 Å². The van der Waals surface area contributed by atoms with Crippen LogP contribution >= 0.6 is 11.8 Å². The highest BCUT2D eigenvalue weighted by molar-refractivity contribution is 7.98. The van der Waals surface area contributed by atoms with E-state index >= 15 is 0 Å². The van der Waals surface area contributed by atoms with Crippen LogP contribution in [0.1, 0.15) is 25.8 Å². The van der Waals surface area contributed by atoms with Crippen LogP contribution in [0.5, 0.6) is 0 Å². The Morgan fingerprint density at radius 3 is 2.80 bits per heavy atom. The highest BCUT2D eigenvalue weighted by atomic mass is 32.2. The molecule has 1 unspecified atom stereocenters. The molecule has 0 saturated carbocycles. The molecule has 0 fully saturated rings. The van der Waals surface area contributed by atoms with Crippen molar-refractivity contribution in [2.45, 2.75) is 31.2 Å². The Balaban J connectivity index is 3.02. The Labute approximate surface area is 95.7 Å². The Bertz CT molecular complexity index is 368. The summed E-state index contributed by atoms with van der Waals surface area (Å²) in [5, 5.41) is 12.5. The second-order valence-electron chi connectivity index (χ2n) is 3.45. The van der Waals surface area contributed by atoms with Crippen LogP contribution in [-0.2, 0) is 0 Å². The van der Waals surface area contributed by atoms with Crippen molar-refractivity contribution in [1.29, 1.82) is 5.26 Å². The molecular formula is C12H16N2S. The van der Waals surface area contributed by atoms with Gasteiger partial charge in [0, 0.05) is 10.9 Å². The van der Waals surface area contributed by atoms with Gasteiger partial charge in [0.15, 0.2) is 0 Å². The van der Waals surface area contributed by atoms with E-state index in [9.17, 15) is 0 Å². The molecule has 0 aromatic heterocycles. The van der Waals surface area contributed by atoms with Crippen molar-refractivity contribution in [3.8, 4) is 6.07 Å². The number of nitrogens with zero attached hydrogens (tertiary/aromatic N) is 1. The topological polar surface area (TPSA) is 35.8 Å². The van der Waals surface area contributed by atoms with Gasteiger partial charge in [-0.05, 0) is 31.7 Å². The standard InChI is InChI=1S/C12H16N2S/c1-4-9(2)14-11-6-5-7-12(15-3)10(11)8-13/h5-7,9,14H,4H2,1-3H3. The molecule has 0 spiro atoms. The summed E-state index contributed by atoms with van der Waals surface area (Å²) in [6.07, 6.45) is 3.04. The summed E-state index contributed by atoms with van der Waals surface area (Å²) < 4.78 is 0. The molecule has 0 aliphatic rings. The van der Waals surface area contributed by atoms with Gasteiger partial charge in [-0.3, -0.25) is 0 Å². The largest absolute Gasteiger partial charge is 0.382 e. The van der Waals surface area contributed by atoms with E-state index < -0.39 is 0 Å². The molecular weight excluding hydrogens is 204 g/mol.